The number of hydrogen-bond acceptors (Lipinski definition) is 4. The zero-order valence-corrected chi connectivity index (χ0v) is 10.7. The first-order chi connectivity index (χ1) is 7.32. The fourth-order valence-corrected chi connectivity index (χ4v) is 1.83. The highest BCUT2D eigenvalue weighted by Gasteiger charge is 2.53. The summed E-state index contributed by atoms with van der Waals surface area (Å²) in [5.74, 6) is -1.94. The molecule has 8 heteroatoms. The molecule has 4 nitrogen and oxygen atoms in total. The highest BCUT2D eigenvalue weighted by molar-refractivity contribution is 7.91. The van der Waals surface area contributed by atoms with E-state index in [1.54, 1.807) is 0 Å². The van der Waals surface area contributed by atoms with Gasteiger partial charge in [-0.3, -0.25) is 4.79 Å². The van der Waals surface area contributed by atoms with E-state index in [1.807, 2.05) is 0 Å². The normalized spacial score (nSPS) is 16.9. The molecule has 0 rings (SSSR count). The van der Waals surface area contributed by atoms with Gasteiger partial charge in [0, 0.05) is 6.42 Å². The van der Waals surface area contributed by atoms with Crippen molar-refractivity contribution in [2.24, 2.45) is 5.73 Å². The quantitative estimate of drug-likeness (QED) is 0.813. The van der Waals surface area contributed by atoms with Crippen LogP contribution in [0.2, 0.25) is 0 Å². The second-order valence-electron chi connectivity index (χ2n) is 4.29. The molecule has 0 spiro atoms. The van der Waals surface area contributed by atoms with Gasteiger partial charge >= 0.3 is 6.18 Å². The van der Waals surface area contributed by atoms with E-state index in [0.717, 1.165) is 0 Å². The number of nitrogens with two attached hydrogens (primary N) is 1. The van der Waals surface area contributed by atoms with E-state index in [-0.39, 0.29) is 0 Å². The second kappa shape index (κ2) is 4.93. The number of Topliss-reactive ketones (excluding diaryl/α,β-unsaturated/α-hetero) is 1. The fraction of sp³-hybridized carbons (Fsp3) is 0.889. The third-order valence-electron chi connectivity index (χ3n) is 2.50. The minimum Gasteiger partial charge on any atom is -0.312 e. The van der Waals surface area contributed by atoms with Crippen LogP contribution < -0.4 is 5.73 Å². The molecule has 0 aromatic carbocycles. The highest BCUT2D eigenvalue weighted by Crippen LogP contribution is 2.29. The van der Waals surface area contributed by atoms with Gasteiger partial charge in [-0.2, -0.15) is 13.2 Å². The minimum atomic E-state index is -4.88. The number of ketones is 1. The summed E-state index contributed by atoms with van der Waals surface area (Å²) in [5, 5.41) is -0.731. The van der Waals surface area contributed by atoms with Gasteiger partial charge in [0.25, 0.3) is 0 Å². The van der Waals surface area contributed by atoms with Crippen molar-refractivity contribution in [1.82, 2.24) is 0 Å². The Hall–Kier alpha value is -0.630. The van der Waals surface area contributed by atoms with Gasteiger partial charge in [0.1, 0.15) is 0 Å². The van der Waals surface area contributed by atoms with Crippen LogP contribution in [0.3, 0.4) is 0 Å². The van der Waals surface area contributed by atoms with Crippen molar-refractivity contribution in [3.05, 3.63) is 0 Å². The summed E-state index contributed by atoms with van der Waals surface area (Å²) in [5.41, 5.74) is 1.87. The molecular formula is C9H16F3NO3S. The van der Waals surface area contributed by atoms with E-state index in [4.69, 9.17) is 5.73 Å². The first-order valence-corrected chi connectivity index (χ1v) is 6.64. The van der Waals surface area contributed by atoms with Crippen molar-refractivity contribution in [3.8, 4) is 0 Å². The number of halogens is 3. The Morgan fingerprint density at radius 1 is 1.29 bits per heavy atom. The Morgan fingerprint density at radius 2 is 1.71 bits per heavy atom. The maximum absolute atomic E-state index is 12.4. The molecule has 0 fully saturated rings. The third-order valence-corrected chi connectivity index (χ3v) is 4.71. The molecule has 102 valence electrons. The van der Waals surface area contributed by atoms with E-state index in [1.165, 1.54) is 13.8 Å². The molecule has 1 atom stereocenters. The van der Waals surface area contributed by atoms with Crippen LogP contribution in [0.15, 0.2) is 0 Å². The van der Waals surface area contributed by atoms with Crippen molar-refractivity contribution in [1.29, 1.82) is 0 Å². The lowest BCUT2D eigenvalue weighted by atomic mass is 9.95. The molecule has 0 amide bonds. The van der Waals surface area contributed by atoms with Crippen LogP contribution in [0.25, 0.3) is 0 Å². The van der Waals surface area contributed by atoms with Crippen molar-refractivity contribution < 1.29 is 26.4 Å². The third kappa shape index (κ3) is 3.95. The van der Waals surface area contributed by atoms with Crippen LogP contribution >= 0.6 is 0 Å². The zero-order valence-electron chi connectivity index (χ0n) is 9.84. The Bertz CT molecular complexity index is 385. The predicted molar refractivity (Wildman–Crippen MR) is 57.2 cm³/mol. The summed E-state index contributed by atoms with van der Waals surface area (Å²) in [7, 11) is -3.54. The SMILES string of the molecule is CC(C)S(=O)(=O)CCC(=O)C(C)(N)C(F)(F)F. The average molecular weight is 275 g/mol. The fourth-order valence-electron chi connectivity index (χ4n) is 0.888. The summed E-state index contributed by atoms with van der Waals surface area (Å²) in [6.07, 6.45) is -5.61. The Labute approximate surface area is 98.3 Å². The number of alkyl halides is 3. The molecule has 1 unspecified atom stereocenters. The van der Waals surface area contributed by atoms with Gasteiger partial charge in [0.05, 0.1) is 11.0 Å². The molecule has 0 aliphatic rings. The monoisotopic (exact) mass is 275 g/mol. The van der Waals surface area contributed by atoms with Gasteiger partial charge in [-0.1, -0.05) is 0 Å². The number of hydrogen-bond donors (Lipinski definition) is 1. The Balaban J connectivity index is 4.71. The van der Waals surface area contributed by atoms with Gasteiger partial charge in [-0.05, 0) is 20.8 Å². The largest absolute Gasteiger partial charge is 0.413 e. The molecule has 0 aromatic heterocycles. The topological polar surface area (TPSA) is 77.2 Å². The Kier molecular flexibility index (Phi) is 4.75. The lowest BCUT2D eigenvalue weighted by Crippen LogP contribution is -2.57. The first-order valence-electron chi connectivity index (χ1n) is 4.93. The second-order valence-corrected chi connectivity index (χ2v) is 6.97. The first kappa shape index (κ1) is 16.4. The van der Waals surface area contributed by atoms with Gasteiger partial charge in [0.15, 0.2) is 21.2 Å². The minimum absolute atomic E-state index is 0.539. The van der Waals surface area contributed by atoms with Crippen LogP contribution in [0.5, 0.6) is 0 Å². The van der Waals surface area contributed by atoms with Crippen LogP contribution in [0.1, 0.15) is 27.2 Å². The smallest absolute Gasteiger partial charge is 0.312 e. The molecule has 2 N–H and O–H groups in total. The number of carbonyl (C=O) groups is 1. The lowest BCUT2D eigenvalue weighted by molar-refractivity contribution is -0.185. The average Bonchev–Trinajstić information content (AvgIpc) is 2.12. The Morgan fingerprint density at radius 3 is 2.00 bits per heavy atom. The molecular weight excluding hydrogens is 259 g/mol. The van der Waals surface area contributed by atoms with Gasteiger partial charge in [-0.15, -0.1) is 0 Å². The van der Waals surface area contributed by atoms with Crippen molar-refractivity contribution >= 4 is 15.6 Å². The summed E-state index contributed by atoms with van der Waals surface area (Å²) in [4.78, 5) is 11.3. The van der Waals surface area contributed by atoms with Crippen LogP contribution in [0, 0.1) is 0 Å². The molecule has 0 aliphatic heterocycles. The van der Waals surface area contributed by atoms with E-state index in [9.17, 15) is 26.4 Å². The summed E-state index contributed by atoms with van der Waals surface area (Å²) in [6.45, 7) is 3.33. The van der Waals surface area contributed by atoms with E-state index < -0.39 is 44.8 Å². The molecule has 0 aliphatic carbocycles. The number of rotatable bonds is 5. The number of carbonyl (C=O) groups excluding carboxylic acids is 1. The van der Waals surface area contributed by atoms with Gasteiger partial charge in [-0.25, -0.2) is 8.42 Å². The standard InChI is InChI=1S/C9H16F3NO3S/c1-6(2)17(15,16)5-4-7(14)8(3,13)9(10,11)12/h6H,4-5,13H2,1-3H3. The van der Waals surface area contributed by atoms with Crippen LogP contribution in [-0.4, -0.2) is 36.9 Å². The molecule has 0 saturated heterocycles. The van der Waals surface area contributed by atoms with Gasteiger partial charge in [0.2, 0.25) is 0 Å². The van der Waals surface area contributed by atoms with E-state index in [2.05, 4.69) is 0 Å². The van der Waals surface area contributed by atoms with Crippen molar-refractivity contribution in [2.75, 3.05) is 5.75 Å². The summed E-state index contributed by atoms with van der Waals surface area (Å²) >= 11 is 0. The van der Waals surface area contributed by atoms with Crippen molar-refractivity contribution in [3.63, 3.8) is 0 Å². The predicted octanol–water partition coefficient (Wildman–Crippen LogP) is 1.05. The maximum Gasteiger partial charge on any atom is 0.413 e. The summed E-state index contributed by atoms with van der Waals surface area (Å²) in [6, 6.07) is 0. The summed E-state index contributed by atoms with van der Waals surface area (Å²) < 4.78 is 59.8. The van der Waals surface area contributed by atoms with E-state index in [0.29, 0.717) is 6.92 Å². The molecule has 0 heterocycles. The number of sulfone groups is 1. The molecule has 0 bridgehead atoms. The lowest BCUT2D eigenvalue weighted by Gasteiger charge is -2.25. The molecule has 0 aromatic rings. The van der Waals surface area contributed by atoms with Crippen LogP contribution in [-0.2, 0) is 14.6 Å². The zero-order chi connectivity index (χ0) is 14.1. The van der Waals surface area contributed by atoms with Crippen LogP contribution in [0.4, 0.5) is 13.2 Å². The highest BCUT2D eigenvalue weighted by atomic mass is 32.2. The van der Waals surface area contributed by atoms with Crippen molar-refractivity contribution in [2.45, 2.75) is 44.2 Å². The molecule has 17 heavy (non-hydrogen) atoms. The molecule has 0 radical (unpaired) electrons. The maximum atomic E-state index is 12.4. The van der Waals surface area contributed by atoms with E-state index >= 15 is 0 Å². The molecule has 0 saturated carbocycles. The van der Waals surface area contributed by atoms with Gasteiger partial charge < -0.3 is 5.73 Å².